The van der Waals surface area contributed by atoms with Gasteiger partial charge in [-0.3, -0.25) is 0 Å². The molecular weight excluding hydrogens is 350 g/mol. The fourth-order valence-electron chi connectivity index (χ4n) is 3.58. The molecule has 0 bridgehead atoms. The Morgan fingerprint density at radius 1 is 1.33 bits per heavy atom. The second-order valence-corrected chi connectivity index (χ2v) is 7.17. The minimum Gasteiger partial charge on any atom is -0.309 e. The maximum absolute atomic E-state index is 6.12. The monoisotopic (exact) mass is 369 g/mol. The molecule has 0 amide bonds. The quantitative estimate of drug-likeness (QED) is 0.669. The minimum absolute atomic E-state index is 0.447. The summed E-state index contributed by atoms with van der Waals surface area (Å²) >= 11 is 9.58. The molecule has 1 aliphatic carbocycles. The van der Waals surface area contributed by atoms with E-state index in [9.17, 15) is 0 Å². The van der Waals surface area contributed by atoms with Crippen molar-refractivity contribution < 1.29 is 0 Å². The lowest BCUT2D eigenvalue weighted by atomic mass is 9.83. The van der Waals surface area contributed by atoms with Crippen molar-refractivity contribution >= 4 is 38.7 Å². The lowest BCUT2D eigenvalue weighted by molar-refractivity contribution is 0.263. The average molecular weight is 371 g/mol. The molecule has 0 radical (unpaired) electrons. The van der Waals surface area contributed by atoms with Crippen molar-refractivity contribution in [2.24, 2.45) is 5.92 Å². The van der Waals surface area contributed by atoms with E-state index in [1.807, 2.05) is 12.3 Å². The molecule has 21 heavy (non-hydrogen) atoms. The predicted octanol–water partition coefficient (Wildman–Crippen LogP) is 5.46. The summed E-state index contributed by atoms with van der Waals surface area (Å²) in [6.07, 6.45) is 9.58. The lowest BCUT2D eigenvalue weighted by Gasteiger charge is -2.30. The second-order valence-electron chi connectivity index (χ2n) is 5.99. The fourth-order valence-corrected chi connectivity index (χ4v) is 4.09. The third-order valence-corrected chi connectivity index (χ3v) is 5.24. The largest absolute Gasteiger partial charge is 0.309 e. The van der Waals surface area contributed by atoms with Gasteiger partial charge in [-0.2, -0.15) is 0 Å². The van der Waals surface area contributed by atoms with E-state index in [0.717, 1.165) is 27.4 Å². The zero-order valence-electron chi connectivity index (χ0n) is 12.4. The van der Waals surface area contributed by atoms with Gasteiger partial charge in [-0.15, -0.1) is 11.6 Å². The average Bonchev–Trinajstić information content (AvgIpc) is 2.86. The Labute approximate surface area is 139 Å². The van der Waals surface area contributed by atoms with Crippen LogP contribution in [0, 0.1) is 5.92 Å². The summed E-state index contributed by atoms with van der Waals surface area (Å²) in [6, 6.07) is 2.53. The Kier molecular flexibility index (Phi) is 4.85. The number of nitrogens with zero attached hydrogens (tertiary/aromatic N) is 3. The van der Waals surface area contributed by atoms with Crippen molar-refractivity contribution in [3.8, 4) is 0 Å². The molecule has 1 fully saturated rings. The normalized spacial score (nSPS) is 22.8. The number of halogens is 2. The van der Waals surface area contributed by atoms with Crippen LogP contribution in [0.25, 0.3) is 11.2 Å². The molecule has 3 nitrogen and oxygen atoms in total. The van der Waals surface area contributed by atoms with E-state index in [2.05, 4.69) is 37.4 Å². The summed E-state index contributed by atoms with van der Waals surface area (Å²) in [4.78, 5) is 9.24. The Hall–Kier alpha value is -0.610. The van der Waals surface area contributed by atoms with E-state index in [-0.39, 0.29) is 0 Å². The van der Waals surface area contributed by atoms with Gasteiger partial charge < -0.3 is 4.57 Å². The smallest absolute Gasteiger partial charge is 0.160 e. The number of hydrogen-bond acceptors (Lipinski definition) is 2. The van der Waals surface area contributed by atoms with E-state index in [4.69, 9.17) is 11.6 Å². The Balaban J connectivity index is 1.89. The highest BCUT2D eigenvalue weighted by molar-refractivity contribution is 9.10. The van der Waals surface area contributed by atoms with Crippen LogP contribution < -0.4 is 0 Å². The van der Waals surface area contributed by atoms with Crippen molar-refractivity contribution in [2.45, 2.75) is 57.4 Å². The fraction of sp³-hybridized carbons (Fsp3) is 0.625. The van der Waals surface area contributed by atoms with Crippen molar-refractivity contribution in [2.75, 3.05) is 0 Å². The first-order chi connectivity index (χ1) is 10.2. The van der Waals surface area contributed by atoms with Gasteiger partial charge >= 0.3 is 0 Å². The Morgan fingerprint density at radius 2 is 2.10 bits per heavy atom. The van der Waals surface area contributed by atoms with E-state index < -0.39 is 0 Å². The molecule has 0 N–H and O–H groups in total. The molecule has 2 heterocycles. The van der Waals surface area contributed by atoms with Crippen LogP contribution in [0.2, 0.25) is 0 Å². The third kappa shape index (κ3) is 3.11. The highest BCUT2D eigenvalue weighted by Crippen LogP contribution is 2.37. The highest BCUT2D eigenvalue weighted by atomic mass is 79.9. The maximum Gasteiger partial charge on any atom is 0.160 e. The molecular formula is C16H21BrClN3. The standard InChI is InChI=1S/C16H21BrClN3/c1-2-3-11-4-6-13(7-5-11)21-15(9-18)20-14-8-12(17)10-19-16(14)21/h8,10-11,13H,2-7,9H2,1H3. The second kappa shape index (κ2) is 6.66. The molecule has 0 spiro atoms. The molecule has 1 saturated carbocycles. The summed E-state index contributed by atoms with van der Waals surface area (Å²) in [5.41, 5.74) is 1.92. The summed E-state index contributed by atoms with van der Waals surface area (Å²) in [7, 11) is 0. The SMILES string of the molecule is CCCC1CCC(n2c(CCl)nc3cc(Br)cnc32)CC1. The van der Waals surface area contributed by atoms with E-state index in [1.165, 1.54) is 38.5 Å². The van der Waals surface area contributed by atoms with Gasteiger partial charge in [0.2, 0.25) is 0 Å². The van der Waals surface area contributed by atoms with Crippen LogP contribution in [0.15, 0.2) is 16.7 Å². The zero-order chi connectivity index (χ0) is 14.8. The molecule has 3 rings (SSSR count). The van der Waals surface area contributed by atoms with Crippen LogP contribution in [-0.2, 0) is 5.88 Å². The Bertz CT molecular complexity index is 617. The molecule has 0 aliphatic heterocycles. The van der Waals surface area contributed by atoms with Crippen LogP contribution in [0.4, 0.5) is 0 Å². The molecule has 114 valence electrons. The summed E-state index contributed by atoms with van der Waals surface area (Å²) in [6.45, 7) is 2.28. The maximum atomic E-state index is 6.12. The van der Waals surface area contributed by atoms with Crippen LogP contribution in [0.5, 0.6) is 0 Å². The topological polar surface area (TPSA) is 30.7 Å². The number of pyridine rings is 1. The summed E-state index contributed by atoms with van der Waals surface area (Å²) in [5.74, 6) is 2.31. The number of fused-ring (bicyclic) bond motifs is 1. The highest BCUT2D eigenvalue weighted by Gasteiger charge is 2.25. The van der Waals surface area contributed by atoms with E-state index >= 15 is 0 Å². The Morgan fingerprint density at radius 3 is 2.76 bits per heavy atom. The van der Waals surface area contributed by atoms with Crippen molar-refractivity contribution in [3.05, 3.63) is 22.6 Å². The molecule has 5 heteroatoms. The molecule has 0 saturated heterocycles. The number of imidazole rings is 1. The summed E-state index contributed by atoms with van der Waals surface area (Å²) < 4.78 is 3.25. The van der Waals surface area contributed by atoms with Crippen LogP contribution in [0.1, 0.15) is 57.3 Å². The first-order valence-corrected chi connectivity index (χ1v) is 9.14. The van der Waals surface area contributed by atoms with Crippen molar-refractivity contribution in [1.82, 2.24) is 14.5 Å². The van der Waals surface area contributed by atoms with Crippen LogP contribution in [0.3, 0.4) is 0 Å². The van der Waals surface area contributed by atoms with Gasteiger partial charge in [0.05, 0.1) is 5.88 Å². The van der Waals surface area contributed by atoms with Gasteiger partial charge in [0.25, 0.3) is 0 Å². The van der Waals surface area contributed by atoms with Gasteiger partial charge in [0.15, 0.2) is 5.65 Å². The lowest BCUT2D eigenvalue weighted by Crippen LogP contribution is -2.19. The molecule has 1 aliphatic rings. The van der Waals surface area contributed by atoms with Crippen LogP contribution in [-0.4, -0.2) is 14.5 Å². The minimum atomic E-state index is 0.447. The van der Waals surface area contributed by atoms with Crippen LogP contribution >= 0.6 is 27.5 Å². The molecule has 0 aromatic carbocycles. The number of alkyl halides is 1. The van der Waals surface area contributed by atoms with E-state index in [1.54, 1.807) is 0 Å². The molecule has 2 aromatic rings. The molecule has 0 unspecified atom stereocenters. The molecule has 0 atom stereocenters. The summed E-state index contributed by atoms with van der Waals surface area (Å²) in [5, 5.41) is 0. The van der Waals surface area contributed by atoms with Crippen molar-refractivity contribution in [3.63, 3.8) is 0 Å². The van der Waals surface area contributed by atoms with Crippen molar-refractivity contribution in [1.29, 1.82) is 0 Å². The van der Waals surface area contributed by atoms with E-state index in [0.29, 0.717) is 11.9 Å². The number of rotatable bonds is 4. The predicted molar refractivity (Wildman–Crippen MR) is 90.7 cm³/mol. The molecule has 2 aromatic heterocycles. The van der Waals surface area contributed by atoms with Gasteiger partial charge in [0.1, 0.15) is 11.3 Å². The van der Waals surface area contributed by atoms with Gasteiger partial charge in [-0.25, -0.2) is 9.97 Å². The van der Waals surface area contributed by atoms with Gasteiger partial charge in [-0.05, 0) is 53.6 Å². The third-order valence-electron chi connectivity index (χ3n) is 4.57. The van der Waals surface area contributed by atoms with Gasteiger partial charge in [-0.1, -0.05) is 19.8 Å². The number of hydrogen-bond donors (Lipinski definition) is 0. The number of aromatic nitrogens is 3. The van der Waals surface area contributed by atoms with Gasteiger partial charge in [0, 0.05) is 16.7 Å². The first kappa shape index (κ1) is 15.3. The zero-order valence-corrected chi connectivity index (χ0v) is 14.7. The first-order valence-electron chi connectivity index (χ1n) is 7.81.